The van der Waals surface area contributed by atoms with Crippen molar-refractivity contribution in [3.8, 4) is 5.75 Å². The van der Waals surface area contributed by atoms with E-state index in [2.05, 4.69) is 10.6 Å². The molecule has 0 spiro atoms. The summed E-state index contributed by atoms with van der Waals surface area (Å²) in [7, 11) is 1.45. The second-order valence-corrected chi connectivity index (χ2v) is 5.40. The largest absolute Gasteiger partial charge is 0.495 e. The molecule has 0 heterocycles. The molecule has 0 aliphatic rings. The number of ether oxygens (including phenoxy) is 1. The third-order valence-electron chi connectivity index (χ3n) is 3.24. The number of methoxy groups -OCH3 is 1. The van der Waals surface area contributed by atoms with Crippen molar-refractivity contribution < 1.29 is 19.4 Å². The Kier molecular flexibility index (Phi) is 5.49. The standard InChI is InChI=1S/C17H16N2O4S/c1-10-3-5-11(6-4-10)15(20)19-17(24)18-13-9-12(16(21)22)7-8-14(13)23-2/h3-9H,1-2H3,(H,21,22)(H2,18,19,20,24). The van der Waals surface area contributed by atoms with Crippen LogP contribution in [0.1, 0.15) is 26.3 Å². The molecule has 0 fully saturated rings. The lowest BCUT2D eigenvalue weighted by molar-refractivity contribution is 0.0696. The molecular formula is C17H16N2O4S. The molecule has 0 aromatic heterocycles. The van der Waals surface area contributed by atoms with E-state index in [0.717, 1.165) is 5.56 Å². The number of nitrogens with one attached hydrogen (secondary N) is 2. The summed E-state index contributed by atoms with van der Waals surface area (Å²) in [4.78, 5) is 23.2. The van der Waals surface area contributed by atoms with Crippen LogP contribution >= 0.6 is 12.2 Å². The molecule has 24 heavy (non-hydrogen) atoms. The minimum Gasteiger partial charge on any atom is -0.495 e. The Labute approximate surface area is 144 Å². The van der Waals surface area contributed by atoms with Crippen LogP contribution in [-0.4, -0.2) is 29.2 Å². The average Bonchev–Trinajstić information content (AvgIpc) is 2.55. The van der Waals surface area contributed by atoms with Gasteiger partial charge in [-0.25, -0.2) is 4.79 Å². The van der Waals surface area contributed by atoms with E-state index in [4.69, 9.17) is 22.1 Å². The van der Waals surface area contributed by atoms with E-state index in [1.807, 2.05) is 19.1 Å². The first kappa shape index (κ1) is 17.4. The van der Waals surface area contributed by atoms with Crippen LogP contribution in [0.15, 0.2) is 42.5 Å². The van der Waals surface area contributed by atoms with Gasteiger partial charge in [-0.05, 0) is 49.5 Å². The second kappa shape index (κ2) is 7.56. The molecule has 0 saturated carbocycles. The van der Waals surface area contributed by atoms with Gasteiger partial charge in [0.15, 0.2) is 5.11 Å². The Bertz CT molecular complexity index is 788. The van der Waals surface area contributed by atoms with Gasteiger partial charge in [-0.1, -0.05) is 17.7 Å². The molecule has 0 aliphatic carbocycles. The van der Waals surface area contributed by atoms with Crippen LogP contribution in [0.5, 0.6) is 5.75 Å². The maximum absolute atomic E-state index is 12.1. The molecule has 7 heteroatoms. The first-order valence-electron chi connectivity index (χ1n) is 7.01. The SMILES string of the molecule is COc1ccc(C(=O)O)cc1NC(=S)NC(=O)c1ccc(C)cc1. The number of rotatable bonds is 4. The molecule has 0 aliphatic heterocycles. The van der Waals surface area contributed by atoms with E-state index in [9.17, 15) is 9.59 Å². The van der Waals surface area contributed by atoms with Crippen LogP contribution in [0.2, 0.25) is 0 Å². The van der Waals surface area contributed by atoms with Gasteiger partial charge in [0.2, 0.25) is 0 Å². The Morgan fingerprint density at radius 1 is 1.08 bits per heavy atom. The summed E-state index contributed by atoms with van der Waals surface area (Å²) >= 11 is 5.11. The fourth-order valence-corrected chi connectivity index (χ4v) is 2.18. The number of benzene rings is 2. The van der Waals surface area contributed by atoms with Crippen molar-refractivity contribution in [3.63, 3.8) is 0 Å². The fraction of sp³-hybridized carbons (Fsp3) is 0.118. The summed E-state index contributed by atoms with van der Waals surface area (Å²) in [5.41, 5.74) is 1.94. The number of aromatic carboxylic acids is 1. The lowest BCUT2D eigenvalue weighted by Crippen LogP contribution is -2.34. The minimum absolute atomic E-state index is 0.0430. The number of carboxylic acid groups (broad SMARTS) is 1. The summed E-state index contributed by atoms with van der Waals surface area (Å²) in [5, 5.41) is 14.4. The molecule has 0 atom stereocenters. The van der Waals surface area contributed by atoms with Gasteiger partial charge in [0.25, 0.3) is 5.91 Å². The Hall–Kier alpha value is -2.93. The van der Waals surface area contributed by atoms with Gasteiger partial charge in [0.05, 0.1) is 18.4 Å². The zero-order valence-electron chi connectivity index (χ0n) is 13.1. The van der Waals surface area contributed by atoms with Crippen molar-refractivity contribution in [3.05, 3.63) is 59.2 Å². The molecule has 0 saturated heterocycles. The van der Waals surface area contributed by atoms with Gasteiger partial charge in [-0.2, -0.15) is 0 Å². The highest BCUT2D eigenvalue weighted by atomic mass is 32.1. The predicted octanol–water partition coefficient (Wildman–Crippen LogP) is 2.83. The predicted molar refractivity (Wildman–Crippen MR) is 94.8 cm³/mol. The number of carboxylic acids is 1. The molecule has 6 nitrogen and oxygen atoms in total. The van der Waals surface area contributed by atoms with Crippen LogP contribution in [0.4, 0.5) is 5.69 Å². The lowest BCUT2D eigenvalue weighted by atomic mass is 10.1. The first-order valence-corrected chi connectivity index (χ1v) is 7.42. The van der Waals surface area contributed by atoms with Crippen molar-refractivity contribution in [1.82, 2.24) is 5.32 Å². The maximum Gasteiger partial charge on any atom is 0.335 e. The molecule has 3 N–H and O–H groups in total. The Morgan fingerprint density at radius 3 is 2.29 bits per heavy atom. The zero-order valence-corrected chi connectivity index (χ0v) is 13.9. The highest BCUT2D eigenvalue weighted by Crippen LogP contribution is 2.25. The highest BCUT2D eigenvalue weighted by Gasteiger charge is 2.12. The van der Waals surface area contributed by atoms with E-state index < -0.39 is 5.97 Å². The molecular weight excluding hydrogens is 328 g/mol. The van der Waals surface area contributed by atoms with Crippen LogP contribution < -0.4 is 15.4 Å². The van der Waals surface area contributed by atoms with Crippen molar-refractivity contribution in [2.45, 2.75) is 6.92 Å². The van der Waals surface area contributed by atoms with Crippen LogP contribution in [-0.2, 0) is 0 Å². The first-order chi connectivity index (χ1) is 11.4. The molecule has 2 aromatic rings. The third-order valence-corrected chi connectivity index (χ3v) is 3.44. The van der Waals surface area contributed by atoms with Gasteiger partial charge >= 0.3 is 5.97 Å². The van der Waals surface area contributed by atoms with E-state index in [1.165, 1.54) is 25.3 Å². The molecule has 0 radical (unpaired) electrons. The van der Waals surface area contributed by atoms with E-state index >= 15 is 0 Å². The van der Waals surface area contributed by atoms with E-state index in [1.54, 1.807) is 12.1 Å². The fourth-order valence-electron chi connectivity index (χ4n) is 1.97. The molecule has 1 amide bonds. The number of amides is 1. The van der Waals surface area contributed by atoms with Crippen LogP contribution in [0.25, 0.3) is 0 Å². The third kappa shape index (κ3) is 4.30. The quantitative estimate of drug-likeness (QED) is 0.739. The van der Waals surface area contributed by atoms with Crippen LogP contribution in [0.3, 0.4) is 0 Å². The Morgan fingerprint density at radius 2 is 1.71 bits per heavy atom. The van der Waals surface area contributed by atoms with Gasteiger partial charge in [0, 0.05) is 5.56 Å². The Balaban J connectivity index is 2.11. The second-order valence-electron chi connectivity index (χ2n) is 4.99. The molecule has 0 bridgehead atoms. The van der Waals surface area contributed by atoms with Crippen molar-refractivity contribution in [2.75, 3.05) is 12.4 Å². The summed E-state index contributed by atoms with van der Waals surface area (Å²) in [6, 6.07) is 11.3. The van der Waals surface area contributed by atoms with E-state index in [0.29, 0.717) is 17.0 Å². The zero-order chi connectivity index (χ0) is 17.7. The van der Waals surface area contributed by atoms with E-state index in [-0.39, 0.29) is 16.6 Å². The number of thiocarbonyl (C=S) groups is 1. The molecule has 2 rings (SSSR count). The summed E-state index contributed by atoms with van der Waals surface area (Å²) in [6.45, 7) is 1.93. The topological polar surface area (TPSA) is 87.7 Å². The lowest BCUT2D eigenvalue weighted by Gasteiger charge is -2.13. The summed E-state index contributed by atoms with van der Waals surface area (Å²) in [6.07, 6.45) is 0. The molecule has 124 valence electrons. The van der Waals surface area contributed by atoms with Gasteiger partial charge in [0.1, 0.15) is 5.75 Å². The van der Waals surface area contributed by atoms with Crippen molar-refractivity contribution in [2.24, 2.45) is 0 Å². The number of hydrogen-bond acceptors (Lipinski definition) is 4. The number of hydrogen-bond donors (Lipinski definition) is 3. The smallest absolute Gasteiger partial charge is 0.335 e. The number of anilines is 1. The van der Waals surface area contributed by atoms with Crippen molar-refractivity contribution in [1.29, 1.82) is 0 Å². The summed E-state index contributed by atoms with van der Waals surface area (Å²) in [5.74, 6) is -1.02. The number of carbonyl (C=O) groups is 2. The van der Waals surface area contributed by atoms with Crippen molar-refractivity contribution >= 4 is 34.9 Å². The number of carbonyl (C=O) groups excluding carboxylic acids is 1. The minimum atomic E-state index is -1.07. The van der Waals surface area contributed by atoms with Gasteiger partial charge in [-0.3, -0.25) is 10.1 Å². The average molecular weight is 344 g/mol. The molecule has 0 unspecified atom stereocenters. The maximum atomic E-state index is 12.1. The van der Waals surface area contributed by atoms with Crippen LogP contribution in [0, 0.1) is 6.92 Å². The molecule has 2 aromatic carbocycles. The van der Waals surface area contributed by atoms with Gasteiger partial charge < -0.3 is 15.2 Å². The monoisotopic (exact) mass is 344 g/mol. The summed E-state index contributed by atoms with van der Waals surface area (Å²) < 4.78 is 5.16. The number of aryl methyl sites for hydroxylation is 1. The normalized spacial score (nSPS) is 9.92. The van der Waals surface area contributed by atoms with Gasteiger partial charge in [-0.15, -0.1) is 0 Å². The highest BCUT2D eigenvalue weighted by molar-refractivity contribution is 7.80.